The zero-order valence-electron chi connectivity index (χ0n) is 16.8. The monoisotopic (exact) mass is 370 g/mol. The van der Waals surface area contributed by atoms with Gasteiger partial charge in [0.15, 0.2) is 0 Å². The Morgan fingerprint density at radius 3 is 2.23 bits per heavy atom. The Hall–Kier alpha value is -1.10. The highest BCUT2D eigenvalue weighted by atomic mass is 16.4. The third-order valence-electron chi connectivity index (χ3n) is 6.04. The summed E-state index contributed by atoms with van der Waals surface area (Å²) in [7, 11) is 0. The van der Waals surface area contributed by atoms with E-state index in [4.69, 9.17) is 5.11 Å². The van der Waals surface area contributed by atoms with E-state index in [0.29, 0.717) is 12.8 Å². The van der Waals surface area contributed by atoms with Crippen LogP contribution in [0.5, 0.6) is 0 Å². The molecule has 3 N–H and O–H groups in total. The Morgan fingerprint density at radius 1 is 1.08 bits per heavy atom. The predicted molar refractivity (Wildman–Crippen MR) is 102 cm³/mol. The molecule has 0 bridgehead atoms. The lowest BCUT2D eigenvalue weighted by Gasteiger charge is -2.32. The van der Waals surface area contributed by atoms with Crippen LogP contribution >= 0.6 is 0 Å². The lowest BCUT2D eigenvalue weighted by Crippen LogP contribution is -2.31. The zero-order chi connectivity index (χ0) is 19.8. The van der Waals surface area contributed by atoms with E-state index in [1.54, 1.807) is 0 Å². The molecule has 0 aromatic heterocycles. The minimum absolute atomic E-state index is 0.0598. The molecule has 0 amide bonds. The highest BCUT2D eigenvalue weighted by molar-refractivity contribution is 5.72. The summed E-state index contributed by atoms with van der Waals surface area (Å²) >= 11 is 0. The first kappa shape index (κ1) is 22.9. The van der Waals surface area contributed by atoms with Crippen molar-refractivity contribution in [1.29, 1.82) is 0 Å². The van der Waals surface area contributed by atoms with Gasteiger partial charge in [0.1, 0.15) is 0 Å². The number of aliphatic hydroxyl groups is 1. The van der Waals surface area contributed by atoms with Crippen molar-refractivity contribution in [2.45, 2.75) is 104 Å². The van der Waals surface area contributed by atoms with E-state index < -0.39 is 17.9 Å². The van der Waals surface area contributed by atoms with Crippen molar-refractivity contribution in [3.05, 3.63) is 0 Å². The number of carbonyl (C=O) groups is 2. The summed E-state index contributed by atoms with van der Waals surface area (Å²) in [5.74, 6) is -2.06. The molecule has 0 aromatic rings. The summed E-state index contributed by atoms with van der Waals surface area (Å²) in [4.78, 5) is 22.7. The van der Waals surface area contributed by atoms with E-state index in [1.807, 2.05) is 0 Å². The molecular formula is C21H38O5. The summed E-state index contributed by atoms with van der Waals surface area (Å²) in [6.45, 7) is 6.33. The highest BCUT2D eigenvalue weighted by Gasteiger charge is 2.53. The van der Waals surface area contributed by atoms with E-state index >= 15 is 0 Å². The Bertz CT molecular complexity index is 453. The molecule has 0 radical (unpaired) electrons. The molecule has 0 spiro atoms. The van der Waals surface area contributed by atoms with Gasteiger partial charge in [-0.2, -0.15) is 0 Å². The molecule has 2 unspecified atom stereocenters. The minimum atomic E-state index is -0.843. The van der Waals surface area contributed by atoms with Crippen molar-refractivity contribution < 1.29 is 24.9 Å². The Kier molecular flexibility index (Phi) is 9.08. The predicted octanol–water partition coefficient (Wildman–Crippen LogP) is 4.86. The van der Waals surface area contributed by atoms with E-state index in [9.17, 15) is 19.8 Å². The fourth-order valence-electron chi connectivity index (χ4n) is 4.15. The Balaban J connectivity index is 2.44. The second kappa shape index (κ2) is 10.3. The first-order valence-corrected chi connectivity index (χ1v) is 10.2. The summed E-state index contributed by atoms with van der Waals surface area (Å²) in [6.07, 6.45) is 9.45. The number of unbranched alkanes of at least 4 members (excludes halogenated alkanes) is 2. The van der Waals surface area contributed by atoms with E-state index in [2.05, 4.69) is 20.8 Å². The molecule has 1 saturated carbocycles. The van der Waals surface area contributed by atoms with Crippen LogP contribution in [0.2, 0.25) is 0 Å². The van der Waals surface area contributed by atoms with Crippen LogP contribution < -0.4 is 0 Å². The molecule has 26 heavy (non-hydrogen) atoms. The second-order valence-corrected chi connectivity index (χ2v) is 9.06. The largest absolute Gasteiger partial charge is 0.481 e. The molecular weight excluding hydrogens is 332 g/mol. The Morgan fingerprint density at radius 2 is 1.73 bits per heavy atom. The molecule has 1 aliphatic carbocycles. The van der Waals surface area contributed by atoms with Crippen molar-refractivity contribution in [3.63, 3.8) is 0 Å². The van der Waals surface area contributed by atoms with Gasteiger partial charge in [0.25, 0.3) is 0 Å². The lowest BCUT2D eigenvalue weighted by molar-refractivity contribution is -0.147. The van der Waals surface area contributed by atoms with Gasteiger partial charge in [0.05, 0.1) is 12.0 Å². The van der Waals surface area contributed by atoms with Gasteiger partial charge < -0.3 is 15.3 Å². The normalized spacial score (nSPS) is 18.3. The Labute approximate surface area is 158 Å². The van der Waals surface area contributed by atoms with Gasteiger partial charge in [0.2, 0.25) is 0 Å². The van der Waals surface area contributed by atoms with Gasteiger partial charge >= 0.3 is 11.9 Å². The van der Waals surface area contributed by atoms with Crippen molar-refractivity contribution in [3.8, 4) is 0 Å². The minimum Gasteiger partial charge on any atom is -0.481 e. The average molecular weight is 371 g/mol. The van der Waals surface area contributed by atoms with Gasteiger partial charge in [-0.05, 0) is 55.8 Å². The zero-order valence-corrected chi connectivity index (χ0v) is 16.8. The average Bonchev–Trinajstić information content (AvgIpc) is 3.31. The molecule has 0 aliphatic heterocycles. The maximum Gasteiger partial charge on any atom is 0.307 e. The van der Waals surface area contributed by atoms with Gasteiger partial charge in [-0.1, -0.05) is 46.5 Å². The van der Waals surface area contributed by atoms with Crippen LogP contribution in [0.25, 0.3) is 0 Å². The van der Waals surface area contributed by atoms with Crippen molar-refractivity contribution in [1.82, 2.24) is 0 Å². The number of hydrogen-bond donors (Lipinski definition) is 3. The number of carboxylic acids is 2. The quantitative estimate of drug-likeness (QED) is 0.358. The number of aliphatic hydroxyl groups excluding tert-OH is 1. The van der Waals surface area contributed by atoms with Gasteiger partial charge in [0, 0.05) is 6.42 Å². The first-order valence-electron chi connectivity index (χ1n) is 10.2. The number of rotatable bonds is 15. The van der Waals surface area contributed by atoms with Crippen LogP contribution in [-0.2, 0) is 9.59 Å². The topological polar surface area (TPSA) is 94.8 Å². The van der Waals surface area contributed by atoms with E-state index in [0.717, 1.165) is 57.8 Å². The molecule has 152 valence electrons. The molecule has 0 heterocycles. The van der Waals surface area contributed by atoms with Crippen LogP contribution in [0.1, 0.15) is 97.8 Å². The summed E-state index contributed by atoms with van der Waals surface area (Å²) in [5.41, 5.74) is -0.365. The third kappa shape index (κ3) is 8.07. The van der Waals surface area contributed by atoms with Crippen molar-refractivity contribution >= 4 is 11.9 Å². The summed E-state index contributed by atoms with van der Waals surface area (Å²) in [6, 6.07) is 0. The molecule has 5 heteroatoms. The number of aliphatic carboxylic acids is 2. The molecule has 0 saturated heterocycles. The lowest BCUT2D eigenvalue weighted by atomic mass is 9.72. The smallest absolute Gasteiger partial charge is 0.307 e. The van der Waals surface area contributed by atoms with Crippen molar-refractivity contribution in [2.24, 2.45) is 16.7 Å². The number of hydrogen-bond acceptors (Lipinski definition) is 3. The van der Waals surface area contributed by atoms with E-state index in [1.165, 1.54) is 0 Å². The third-order valence-corrected chi connectivity index (χ3v) is 6.04. The molecule has 1 aliphatic rings. The van der Waals surface area contributed by atoms with Crippen LogP contribution in [-0.4, -0.2) is 33.4 Å². The second-order valence-electron chi connectivity index (χ2n) is 9.06. The maximum absolute atomic E-state index is 11.8. The number of carboxylic acid groups (broad SMARTS) is 2. The van der Waals surface area contributed by atoms with Gasteiger partial charge in [-0.15, -0.1) is 0 Å². The molecule has 2 atom stereocenters. The van der Waals surface area contributed by atoms with Crippen LogP contribution in [0.15, 0.2) is 0 Å². The SMILES string of the molecule is CCCC(O)CCCCCC(C)(C)CC(C(=O)O)C1(CCC(=O)O)CC1. The fourth-order valence-corrected chi connectivity index (χ4v) is 4.15. The van der Waals surface area contributed by atoms with Crippen molar-refractivity contribution in [2.75, 3.05) is 0 Å². The molecule has 5 nitrogen and oxygen atoms in total. The summed E-state index contributed by atoms with van der Waals surface area (Å²) < 4.78 is 0. The molecule has 0 aromatic carbocycles. The standard InChI is InChI=1S/C21H38O5/c1-4-8-16(22)9-6-5-7-11-20(2,3)15-17(19(25)26)21(13-14-21)12-10-18(23)24/h16-17,22H,4-15H2,1-3H3,(H,23,24)(H,25,26). The van der Waals surface area contributed by atoms with Gasteiger partial charge in [-0.25, -0.2) is 0 Å². The first-order chi connectivity index (χ1) is 12.1. The molecule has 1 fully saturated rings. The maximum atomic E-state index is 11.8. The van der Waals surface area contributed by atoms with Gasteiger partial charge in [-0.3, -0.25) is 9.59 Å². The van der Waals surface area contributed by atoms with Crippen LogP contribution in [0.4, 0.5) is 0 Å². The molecule has 1 rings (SSSR count). The highest BCUT2D eigenvalue weighted by Crippen LogP contribution is 2.58. The van der Waals surface area contributed by atoms with Crippen LogP contribution in [0, 0.1) is 16.7 Å². The summed E-state index contributed by atoms with van der Waals surface area (Å²) in [5, 5.41) is 28.4. The fraction of sp³-hybridized carbons (Fsp3) is 0.905. The van der Waals surface area contributed by atoms with Crippen LogP contribution in [0.3, 0.4) is 0 Å². The van der Waals surface area contributed by atoms with E-state index in [-0.39, 0.29) is 23.4 Å².